The first-order valence-electron chi connectivity index (χ1n) is 3.55. The molecule has 0 fully saturated rings. The standard InChI is InChI=1S/C7H14ClNO2/c1-6(5-11-2)9-7(10)3-4-8/h6H,3-5H2,1-2H3,(H,9,10). The van der Waals surface area contributed by atoms with Crippen LogP contribution in [0.5, 0.6) is 0 Å². The van der Waals surface area contributed by atoms with E-state index in [1.807, 2.05) is 6.92 Å². The number of hydrogen-bond acceptors (Lipinski definition) is 2. The summed E-state index contributed by atoms with van der Waals surface area (Å²) in [5.74, 6) is 0.343. The van der Waals surface area contributed by atoms with Gasteiger partial charge in [0.05, 0.1) is 6.61 Å². The zero-order valence-corrected chi connectivity index (χ0v) is 7.65. The van der Waals surface area contributed by atoms with E-state index in [-0.39, 0.29) is 11.9 Å². The fourth-order valence-electron chi connectivity index (χ4n) is 0.724. The smallest absolute Gasteiger partial charge is 0.221 e. The Kier molecular flexibility index (Phi) is 6.27. The van der Waals surface area contributed by atoms with Crippen molar-refractivity contribution in [2.24, 2.45) is 0 Å². The van der Waals surface area contributed by atoms with Crippen molar-refractivity contribution in [3.8, 4) is 0 Å². The Labute approximate surface area is 72.1 Å². The number of amides is 1. The van der Waals surface area contributed by atoms with Crippen molar-refractivity contribution in [2.45, 2.75) is 19.4 Å². The summed E-state index contributed by atoms with van der Waals surface area (Å²) in [6, 6.07) is 0.0655. The summed E-state index contributed by atoms with van der Waals surface area (Å²) in [7, 11) is 1.60. The topological polar surface area (TPSA) is 38.3 Å². The molecular weight excluding hydrogens is 166 g/mol. The van der Waals surface area contributed by atoms with E-state index < -0.39 is 0 Å². The first kappa shape index (κ1) is 10.7. The van der Waals surface area contributed by atoms with Gasteiger partial charge >= 0.3 is 0 Å². The van der Waals surface area contributed by atoms with Gasteiger partial charge in [-0.2, -0.15) is 0 Å². The van der Waals surface area contributed by atoms with Crippen molar-refractivity contribution in [1.29, 1.82) is 0 Å². The molecule has 3 nitrogen and oxygen atoms in total. The molecule has 66 valence electrons. The molecule has 1 unspecified atom stereocenters. The van der Waals surface area contributed by atoms with Crippen molar-refractivity contribution in [2.75, 3.05) is 19.6 Å². The Morgan fingerprint density at radius 1 is 1.73 bits per heavy atom. The molecule has 1 N–H and O–H groups in total. The van der Waals surface area contributed by atoms with E-state index in [1.165, 1.54) is 0 Å². The van der Waals surface area contributed by atoms with Crippen molar-refractivity contribution >= 4 is 17.5 Å². The molecule has 0 aliphatic rings. The SMILES string of the molecule is COCC(C)NC(=O)CCCl. The largest absolute Gasteiger partial charge is 0.383 e. The number of carbonyl (C=O) groups excluding carboxylic acids is 1. The maximum absolute atomic E-state index is 10.9. The van der Waals surface area contributed by atoms with Gasteiger partial charge in [0.2, 0.25) is 5.91 Å². The van der Waals surface area contributed by atoms with Crippen LogP contribution in [0.25, 0.3) is 0 Å². The van der Waals surface area contributed by atoms with E-state index in [2.05, 4.69) is 5.32 Å². The Morgan fingerprint density at radius 2 is 2.36 bits per heavy atom. The lowest BCUT2D eigenvalue weighted by Gasteiger charge is -2.11. The summed E-state index contributed by atoms with van der Waals surface area (Å²) < 4.78 is 4.83. The summed E-state index contributed by atoms with van der Waals surface area (Å²) in [5.41, 5.74) is 0. The molecular formula is C7H14ClNO2. The van der Waals surface area contributed by atoms with Crippen molar-refractivity contribution in [3.05, 3.63) is 0 Å². The number of halogens is 1. The highest BCUT2D eigenvalue weighted by molar-refractivity contribution is 6.18. The van der Waals surface area contributed by atoms with E-state index in [4.69, 9.17) is 16.3 Å². The first-order valence-corrected chi connectivity index (χ1v) is 4.08. The van der Waals surface area contributed by atoms with Gasteiger partial charge in [0.1, 0.15) is 0 Å². The molecule has 0 saturated heterocycles. The van der Waals surface area contributed by atoms with Gasteiger partial charge in [-0.15, -0.1) is 11.6 Å². The number of hydrogen-bond donors (Lipinski definition) is 1. The Balaban J connectivity index is 3.40. The number of ether oxygens (including phenoxy) is 1. The molecule has 0 aromatic carbocycles. The summed E-state index contributed by atoms with van der Waals surface area (Å²) in [5, 5.41) is 2.73. The molecule has 1 atom stereocenters. The summed E-state index contributed by atoms with van der Waals surface area (Å²) in [6.45, 7) is 2.42. The fourth-order valence-corrected chi connectivity index (χ4v) is 0.896. The minimum absolute atomic E-state index is 0.0236. The van der Waals surface area contributed by atoms with Crippen LogP contribution in [0.3, 0.4) is 0 Å². The van der Waals surface area contributed by atoms with Gasteiger partial charge in [0.25, 0.3) is 0 Å². The van der Waals surface area contributed by atoms with Gasteiger partial charge in [-0.25, -0.2) is 0 Å². The monoisotopic (exact) mass is 179 g/mol. The van der Waals surface area contributed by atoms with Gasteiger partial charge in [0.15, 0.2) is 0 Å². The molecule has 0 radical (unpaired) electrons. The number of alkyl halides is 1. The maximum atomic E-state index is 10.9. The lowest BCUT2D eigenvalue weighted by molar-refractivity contribution is -0.121. The summed E-state index contributed by atoms with van der Waals surface area (Å²) in [4.78, 5) is 10.9. The molecule has 0 aromatic rings. The zero-order chi connectivity index (χ0) is 8.69. The molecule has 0 spiro atoms. The minimum atomic E-state index is -0.0236. The third-order valence-electron chi connectivity index (χ3n) is 1.15. The molecule has 11 heavy (non-hydrogen) atoms. The number of carbonyl (C=O) groups is 1. The molecule has 1 amide bonds. The highest BCUT2D eigenvalue weighted by Gasteiger charge is 2.04. The van der Waals surface area contributed by atoms with E-state index >= 15 is 0 Å². The Morgan fingerprint density at radius 3 is 2.82 bits per heavy atom. The second kappa shape index (κ2) is 6.43. The second-order valence-electron chi connectivity index (χ2n) is 2.36. The number of nitrogens with one attached hydrogen (secondary N) is 1. The quantitative estimate of drug-likeness (QED) is 0.634. The highest BCUT2D eigenvalue weighted by Crippen LogP contribution is 1.87. The van der Waals surface area contributed by atoms with Gasteiger partial charge < -0.3 is 10.1 Å². The third kappa shape index (κ3) is 6.13. The lowest BCUT2D eigenvalue weighted by Crippen LogP contribution is -2.35. The molecule has 0 aromatic heterocycles. The Bertz CT molecular complexity index is 119. The van der Waals surface area contributed by atoms with Crippen LogP contribution >= 0.6 is 11.6 Å². The zero-order valence-electron chi connectivity index (χ0n) is 6.89. The number of rotatable bonds is 5. The molecule has 4 heteroatoms. The molecule has 0 bridgehead atoms. The van der Waals surface area contributed by atoms with E-state index in [0.717, 1.165) is 0 Å². The molecule has 0 aliphatic carbocycles. The van der Waals surface area contributed by atoms with Gasteiger partial charge in [-0.1, -0.05) is 0 Å². The van der Waals surface area contributed by atoms with E-state index in [0.29, 0.717) is 18.9 Å². The normalized spacial score (nSPS) is 12.6. The minimum Gasteiger partial charge on any atom is -0.383 e. The predicted molar refractivity (Wildman–Crippen MR) is 44.8 cm³/mol. The van der Waals surface area contributed by atoms with Crippen molar-refractivity contribution in [1.82, 2.24) is 5.32 Å². The maximum Gasteiger partial charge on any atom is 0.221 e. The molecule has 0 heterocycles. The predicted octanol–water partition coefficient (Wildman–Crippen LogP) is 0.766. The average molecular weight is 180 g/mol. The molecule has 0 saturated carbocycles. The van der Waals surface area contributed by atoms with Crippen LogP contribution in [0.15, 0.2) is 0 Å². The van der Waals surface area contributed by atoms with Crippen LogP contribution in [-0.2, 0) is 9.53 Å². The second-order valence-corrected chi connectivity index (χ2v) is 2.74. The van der Waals surface area contributed by atoms with Crippen LogP contribution in [0.4, 0.5) is 0 Å². The molecule has 0 aliphatic heterocycles. The van der Waals surface area contributed by atoms with Crippen molar-refractivity contribution < 1.29 is 9.53 Å². The lowest BCUT2D eigenvalue weighted by atomic mass is 10.3. The first-order chi connectivity index (χ1) is 5.20. The average Bonchev–Trinajstić information content (AvgIpc) is 1.87. The van der Waals surface area contributed by atoms with E-state index in [9.17, 15) is 4.79 Å². The highest BCUT2D eigenvalue weighted by atomic mass is 35.5. The van der Waals surface area contributed by atoms with Gasteiger partial charge in [0, 0.05) is 25.5 Å². The Hall–Kier alpha value is -0.280. The van der Waals surface area contributed by atoms with Crippen molar-refractivity contribution in [3.63, 3.8) is 0 Å². The number of methoxy groups -OCH3 is 1. The van der Waals surface area contributed by atoms with Crippen LogP contribution in [-0.4, -0.2) is 31.5 Å². The third-order valence-corrected chi connectivity index (χ3v) is 1.33. The molecule has 0 rings (SSSR count). The van der Waals surface area contributed by atoms with Crippen LogP contribution in [0.2, 0.25) is 0 Å². The van der Waals surface area contributed by atoms with Crippen LogP contribution in [0, 0.1) is 0 Å². The van der Waals surface area contributed by atoms with Crippen LogP contribution in [0.1, 0.15) is 13.3 Å². The van der Waals surface area contributed by atoms with Crippen LogP contribution < -0.4 is 5.32 Å². The van der Waals surface area contributed by atoms with Gasteiger partial charge in [-0.05, 0) is 6.92 Å². The summed E-state index contributed by atoms with van der Waals surface area (Å²) >= 11 is 5.36. The fraction of sp³-hybridized carbons (Fsp3) is 0.857. The summed E-state index contributed by atoms with van der Waals surface area (Å²) in [6.07, 6.45) is 0.371. The van der Waals surface area contributed by atoms with E-state index in [1.54, 1.807) is 7.11 Å². The van der Waals surface area contributed by atoms with Gasteiger partial charge in [-0.3, -0.25) is 4.79 Å².